The second-order valence-electron chi connectivity index (χ2n) is 3.59. The lowest BCUT2D eigenvalue weighted by Crippen LogP contribution is -2.10. The summed E-state index contributed by atoms with van der Waals surface area (Å²) in [6, 6.07) is 6.28. The van der Waals surface area contributed by atoms with Crippen LogP contribution in [0.25, 0.3) is 0 Å². The average molecular weight is 260 g/mol. The van der Waals surface area contributed by atoms with Gasteiger partial charge in [-0.25, -0.2) is 0 Å². The molecule has 2 aromatic rings. The third-order valence-corrected chi connectivity index (χ3v) is 2.36. The minimum atomic E-state index is -0.505. The summed E-state index contributed by atoms with van der Waals surface area (Å²) in [7, 11) is 1.45. The van der Waals surface area contributed by atoms with E-state index in [1.54, 1.807) is 24.3 Å². The SMILES string of the molecule is COc1ncnc(Oc2ccc(C(N)=O)cc2)c1N. The Morgan fingerprint density at radius 3 is 2.37 bits per heavy atom. The van der Waals surface area contributed by atoms with E-state index in [1.165, 1.54) is 13.4 Å². The smallest absolute Gasteiger partial charge is 0.249 e. The Bertz CT molecular complexity index is 598. The van der Waals surface area contributed by atoms with Crippen LogP contribution < -0.4 is 20.9 Å². The zero-order valence-corrected chi connectivity index (χ0v) is 10.2. The number of amides is 1. The number of aromatic nitrogens is 2. The fraction of sp³-hybridized carbons (Fsp3) is 0.0833. The highest BCUT2D eigenvalue weighted by Crippen LogP contribution is 2.30. The first kappa shape index (κ1) is 12.6. The molecule has 0 radical (unpaired) electrons. The lowest BCUT2D eigenvalue weighted by molar-refractivity contribution is 0.100. The largest absolute Gasteiger partial charge is 0.479 e. The molecule has 7 nitrogen and oxygen atoms in total. The summed E-state index contributed by atoms with van der Waals surface area (Å²) >= 11 is 0. The van der Waals surface area contributed by atoms with Gasteiger partial charge in [-0.05, 0) is 24.3 Å². The molecule has 98 valence electrons. The van der Waals surface area contributed by atoms with E-state index in [2.05, 4.69) is 9.97 Å². The van der Waals surface area contributed by atoms with Crippen LogP contribution in [0.15, 0.2) is 30.6 Å². The molecule has 2 rings (SSSR count). The van der Waals surface area contributed by atoms with Gasteiger partial charge in [-0.15, -0.1) is 0 Å². The number of anilines is 1. The molecular weight excluding hydrogens is 248 g/mol. The Labute approximate surface area is 109 Å². The van der Waals surface area contributed by atoms with Crippen molar-refractivity contribution in [3.63, 3.8) is 0 Å². The van der Waals surface area contributed by atoms with E-state index >= 15 is 0 Å². The molecule has 0 bridgehead atoms. The monoisotopic (exact) mass is 260 g/mol. The van der Waals surface area contributed by atoms with Gasteiger partial charge in [-0.2, -0.15) is 9.97 Å². The first-order chi connectivity index (χ1) is 9.11. The van der Waals surface area contributed by atoms with Gasteiger partial charge in [0.15, 0.2) is 5.69 Å². The third kappa shape index (κ3) is 2.71. The van der Waals surface area contributed by atoms with Gasteiger partial charge in [0.05, 0.1) is 7.11 Å². The molecule has 1 aromatic heterocycles. The van der Waals surface area contributed by atoms with Crippen molar-refractivity contribution in [1.29, 1.82) is 0 Å². The number of hydrogen-bond acceptors (Lipinski definition) is 6. The first-order valence-electron chi connectivity index (χ1n) is 5.34. The summed E-state index contributed by atoms with van der Waals surface area (Å²) in [5, 5.41) is 0. The summed E-state index contributed by atoms with van der Waals surface area (Å²) in [5.74, 6) is 0.379. The minimum Gasteiger partial charge on any atom is -0.479 e. The van der Waals surface area contributed by atoms with E-state index < -0.39 is 5.91 Å². The molecule has 0 atom stereocenters. The fourth-order valence-electron chi connectivity index (χ4n) is 1.41. The van der Waals surface area contributed by atoms with E-state index in [0.29, 0.717) is 11.3 Å². The summed E-state index contributed by atoms with van der Waals surface area (Å²) in [6.45, 7) is 0. The van der Waals surface area contributed by atoms with E-state index in [9.17, 15) is 4.79 Å². The molecular formula is C12H12N4O3. The molecule has 0 aliphatic rings. The van der Waals surface area contributed by atoms with E-state index in [-0.39, 0.29) is 17.4 Å². The molecule has 0 unspecified atom stereocenters. The number of carbonyl (C=O) groups excluding carboxylic acids is 1. The van der Waals surface area contributed by atoms with Crippen LogP contribution in [0.5, 0.6) is 17.5 Å². The van der Waals surface area contributed by atoms with Crippen molar-refractivity contribution in [1.82, 2.24) is 9.97 Å². The lowest BCUT2D eigenvalue weighted by Gasteiger charge is -2.09. The molecule has 7 heteroatoms. The highest BCUT2D eigenvalue weighted by Gasteiger charge is 2.10. The maximum Gasteiger partial charge on any atom is 0.249 e. The van der Waals surface area contributed by atoms with E-state index in [0.717, 1.165) is 0 Å². The van der Waals surface area contributed by atoms with Crippen LogP contribution >= 0.6 is 0 Å². The van der Waals surface area contributed by atoms with Crippen molar-refractivity contribution in [3.8, 4) is 17.5 Å². The van der Waals surface area contributed by atoms with Crippen LogP contribution in [0.1, 0.15) is 10.4 Å². The van der Waals surface area contributed by atoms with Crippen LogP contribution in [0.4, 0.5) is 5.69 Å². The maximum atomic E-state index is 10.9. The number of rotatable bonds is 4. The van der Waals surface area contributed by atoms with Crippen LogP contribution in [0.3, 0.4) is 0 Å². The summed E-state index contributed by atoms with van der Waals surface area (Å²) < 4.78 is 10.4. The number of nitrogens with zero attached hydrogens (tertiary/aromatic N) is 2. The normalized spacial score (nSPS) is 9.95. The summed E-state index contributed by atoms with van der Waals surface area (Å²) in [4.78, 5) is 18.7. The third-order valence-electron chi connectivity index (χ3n) is 2.36. The summed E-state index contributed by atoms with van der Waals surface area (Å²) in [6.07, 6.45) is 1.28. The number of primary amides is 1. The first-order valence-corrected chi connectivity index (χ1v) is 5.34. The van der Waals surface area contributed by atoms with E-state index in [4.69, 9.17) is 20.9 Å². The number of nitrogen functional groups attached to an aromatic ring is 1. The predicted octanol–water partition coefficient (Wildman–Crippen LogP) is 0.959. The molecule has 0 saturated heterocycles. The molecule has 0 fully saturated rings. The van der Waals surface area contributed by atoms with Gasteiger partial charge >= 0.3 is 0 Å². The van der Waals surface area contributed by atoms with Gasteiger partial charge in [0, 0.05) is 5.56 Å². The fourth-order valence-corrected chi connectivity index (χ4v) is 1.41. The molecule has 0 aliphatic heterocycles. The quantitative estimate of drug-likeness (QED) is 0.846. The van der Waals surface area contributed by atoms with E-state index in [1.807, 2.05) is 0 Å². The number of ether oxygens (including phenoxy) is 2. The van der Waals surface area contributed by atoms with Crippen LogP contribution in [0.2, 0.25) is 0 Å². The second kappa shape index (κ2) is 5.21. The van der Waals surface area contributed by atoms with Crippen LogP contribution in [0, 0.1) is 0 Å². The minimum absolute atomic E-state index is 0.179. The summed E-state index contributed by atoms with van der Waals surface area (Å²) in [5.41, 5.74) is 11.5. The van der Waals surface area contributed by atoms with Gasteiger partial charge in [-0.1, -0.05) is 0 Å². The Morgan fingerprint density at radius 2 is 1.79 bits per heavy atom. The second-order valence-corrected chi connectivity index (χ2v) is 3.59. The number of nitrogens with two attached hydrogens (primary N) is 2. The van der Waals surface area contributed by atoms with Crippen molar-refractivity contribution in [2.24, 2.45) is 5.73 Å². The molecule has 1 aromatic carbocycles. The van der Waals surface area contributed by atoms with Crippen molar-refractivity contribution < 1.29 is 14.3 Å². The molecule has 19 heavy (non-hydrogen) atoms. The molecule has 0 saturated carbocycles. The standard InChI is InChI=1S/C12H12N4O3/c1-18-11-9(13)12(16-6-15-11)19-8-4-2-7(3-5-8)10(14)17/h2-6H,13H2,1H3,(H2,14,17). The molecule has 4 N–H and O–H groups in total. The Kier molecular flexibility index (Phi) is 3.46. The average Bonchev–Trinajstić information content (AvgIpc) is 2.42. The van der Waals surface area contributed by atoms with Crippen LogP contribution in [-0.4, -0.2) is 23.0 Å². The number of hydrogen-bond donors (Lipinski definition) is 2. The van der Waals surface area contributed by atoms with Gasteiger partial charge in [0.1, 0.15) is 12.1 Å². The lowest BCUT2D eigenvalue weighted by atomic mass is 10.2. The highest BCUT2D eigenvalue weighted by atomic mass is 16.5. The predicted molar refractivity (Wildman–Crippen MR) is 68.0 cm³/mol. The molecule has 1 heterocycles. The van der Waals surface area contributed by atoms with Crippen LogP contribution in [-0.2, 0) is 0 Å². The van der Waals surface area contributed by atoms with Gasteiger partial charge < -0.3 is 20.9 Å². The van der Waals surface area contributed by atoms with Crippen molar-refractivity contribution in [3.05, 3.63) is 36.2 Å². The zero-order chi connectivity index (χ0) is 13.8. The molecule has 0 aliphatic carbocycles. The van der Waals surface area contributed by atoms with Gasteiger partial charge in [0.25, 0.3) is 0 Å². The van der Waals surface area contributed by atoms with Gasteiger partial charge in [0.2, 0.25) is 17.7 Å². The van der Waals surface area contributed by atoms with Gasteiger partial charge in [-0.3, -0.25) is 4.79 Å². The van der Waals surface area contributed by atoms with Crippen molar-refractivity contribution in [2.45, 2.75) is 0 Å². The molecule has 1 amide bonds. The number of benzene rings is 1. The molecule has 0 spiro atoms. The number of methoxy groups -OCH3 is 1. The zero-order valence-electron chi connectivity index (χ0n) is 10.2. The van der Waals surface area contributed by atoms with Crippen molar-refractivity contribution >= 4 is 11.6 Å². The number of carbonyl (C=O) groups is 1. The maximum absolute atomic E-state index is 10.9. The Morgan fingerprint density at radius 1 is 1.16 bits per heavy atom. The topological polar surface area (TPSA) is 113 Å². The highest BCUT2D eigenvalue weighted by molar-refractivity contribution is 5.92. The Balaban J connectivity index is 2.24. The Hall–Kier alpha value is -2.83. The van der Waals surface area contributed by atoms with Crippen molar-refractivity contribution in [2.75, 3.05) is 12.8 Å².